The Morgan fingerprint density at radius 1 is 1.41 bits per heavy atom. The number of piperidine rings is 1. The maximum atomic E-state index is 12.4. The first-order chi connectivity index (χ1) is 14.1. The summed E-state index contributed by atoms with van der Waals surface area (Å²) in [5.41, 5.74) is 2.55. The molecule has 8 heteroatoms. The van der Waals surface area contributed by atoms with Crippen LogP contribution >= 0.6 is 0 Å². The number of rotatable bonds is 7. The van der Waals surface area contributed by atoms with Gasteiger partial charge in [0.25, 0.3) is 6.01 Å². The first-order valence-corrected chi connectivity index (χ1v) is 10.1. The number of nitrogens with zero attached hydrogens (tertiary/aromatic N) is 4. The highest BCUT2D eigenvalue weighted by molar-refractivity contribution is 5.77. The second-order valence-electron chi connectivity index (χ2n) is 7.47. The molecule has 0 radical (unpaired) electrons. The molecular formula is C21H27N5O3. The highest BCUT2D eigenvalue weighted by atomic mass is 16.5. The fourth-order valence-corrected chi connectivity index (χ4v) is 3.77. The zero-order valence-corrected chi connectivity index (χ0v) is 16.9. The van der Waals surface area contributed by atoms with Crippen LogP contribution in [0.25, 0.3) is 11.1 Å². The summed E-state index contributed by atoms with van der Waals surface area (Å²) in [6.07, 6.45) is 6.32. The molecule has 29 heavy (non-hydrogen) atoms. The number of nitrogens with one attached hydrogen (secondary N) is 1. The molecule has 1 amide bonds. The molecule has 0 bridgehead atoms. The first kappa shape index (κ1) is 19.3. The van der Waals surface area contributed by atoms with Crippen LogP contribution in [0.15, 0.2) is 35.0 Å². The summed E-state index contributed by atoms with van der Waals surface area (Å²) >= 11 is 0. The average Bonchev–Trinajstić information content (AvgIpc) is 3.38. The maximum Gasteiger partial charge on any atom is 0.298 e. The molecule has 1 aliphatic heterocycles. The van der Waals surface area contributed by atoms with E-state index in [2.05, 4.69) is 20.3 Å². The molecule has 3 heterocycles. The largest absolute Gasteiger partial charge is 0.497 e. The van der Waals surface area contributed by atoms with Crippen molar-refractivity contribution in [2.24, 2.45) is 5.92 Å². The van der Waals surface area contributed by atoms with Gasteiger partial charge in [-0.2, -0.15) is 10.1 Å². The second kappa shape index (κ2) is 8.55. The van der Waals surface area contributed by atoms with Crippen LogP contribution in [0.4, 0.5) is 6.01 Å². The molecule has 4 rings (SSSR count). The number of benzene rings is 1. The maximum absolute atomic E-state index is 12.4. The molecular weight excluding hydrogens is 370 g/mol. The molecule has 154 valence electrons. The minimum atomic E-state index is 0.0726. The Labute approximate surface area is 169 Å². The van der Waals surface area contributed by atoms with Gasteiger partial charge in [0.15, 0.2) is 5.58 Å². The third-order valence-electron chi connectivity index (χ3n) is 5.35. The summed E-state index contributed by atoms with van der Waals surface area (Å²) in [5.74, 6) is 1.12. The van der Waals surface area contributed by atoms with Gasteiger partial charge in [-0.1, -0.05) is 0 Å². The molecule has 0 spiro atoms. The number of carbonyl (C=O) groups excluding carboxylic acids is 1. The minimum absolute atomic E-state index is 0.0726. The van der Waals surface area contributed by atoms with E-state index >= 15 is 0 Å². The van der Waals surface area contributed by atoms with Gasteiger partial charge in [-0.15, -0.1) is 0 Å². The van der Waals surface area contributed by atoms with E-state index in [1.165, 1.54) is 0 Å². The van der Waals surface area contributed by atoms with Crippen LogP contribution in [0.5, 0.6) is 5.75 Å². The van der Waals surface area contributed by atoms with E-state index in [0.717, 1.165) is 54.9 Å². The lowest BCUT2D eigenvalue weighted by Crippen LogP contribution is -2.38. The Hall–Kier alpha value is -3.03. The van der Waals surface area contributed by atoms with E-state index in [-0.39, 0.29) is 11.8 Å². The van der Waals surface area contributed by atoms with Crippen molar-refractivity contribution in [3.63, 3.8) is 0 Å². The Kier molecular flexibility index (Phi) is 5.69. The van der Waals surface area contributed by atoms with E-state index in [9.17, 15) is 4.79 Å². The van der Waals surface area contributed by atoms with Crippen molar-refractivity contribution < 1.29 is 13.9 Å². The molecule has 2 aromatic heterocycles. The SMILES string of the molecule is CCn1cc(CNC(=O)CC2CCCN(c3nc4cc(OC)ccc4o3)C2)cn1. The summed E-state index contributed by atoms with van der Waals surface area (Å²) in [5, 5.41) is 7.24. The molecule has 1 unspecified atom stereocenters. The third-order valence-corrected chi connectivity index (χ3v) is 5.35. The Bertz CT molecular complexity index is 980. The Morgan fingerprint density at radius 2 is 2.31 bits per heavy atom. The number of anilines is 1. The number of hydrogen-bond acceptors (Lipinski definition) is 6. The van der Waals surface area contributed by atoms with Crippen LogP contribution in [-0.2, 0) is 17.9 Å². The molecule has 3 aromatic rings. The summed E-state index contributed by atoms with van der Waals surface area (Å²) in [4.78, 5) is 19.2. The van der Waals surface area contributed by atoms with Crippen molar-refractivity contribution in [2.45, 2.75) is 39.3 Å². The Balaban J connectivity index is 1.33. The number of carbonyl (C=O) groups is 1. The van der Waals surface area contributed by atoms with Crippen molar-refractivity contribution in [1.82, 2.24) is 20.1 Å². The van der Waals surface area contributed by atoms with Gasteiger partial charge in [0.2, 0.25) is 5.91 Å². The molecule has 0 saturated carbocycles. The second-order valence-corrected chi connectivity index (χ2v) is 7.47. The summed E-state index contributed by atoms with van der Waals surface area (Å²) in [6.45, 7) is 5.04. The topological polar surface area (TPSA) is 85.4 Å². The highest BCUT2D eigenvalue weighted by Gasteiger charge is 2.25. The number of oxazole rings is 1. The van der Waals surface area contributed by atoms with Crippen LogP contribution < -0.4 is 15.0 Å². The first-order valence-electron chi connectivity index (χ1n) is 10.1. The number of hydrogen-bond donors (Lipinski definition) is 1. The van der Waals surface area contributed by atoms with Gasteiger partial charge in [0.05, 0.1) is 13.3 Å². The fraction of sp³-hybridized carbons (Fsp3) is 0.476. The third kappa shape index (κ3) is 4.52. The van der Waals surface area contributed by atoms with Crippen LogP contribution in [0.3, 0.4) is 0 Å². The summed E-state index contributed by atoms with van der Waals surface area (Å²) in [6, 6.07) is 6.23. The Morgan fingerprint density at radius 3 is 3.10 bits per heavy atom. The van der Waals surface area contributed by atoms with Crippen LogP contribution in [0.2, 0.25) is 0 Å². The molecule has 1 N–H and O–H groups in total. The molecule has 0 aliphatic carbocycles. The van der Waals surface area contributed by atoms with Crippen molar-refractivity contribution in [3.8, 4) is 5.75 Å². The molecule has 1 fully saturated rings. The van der Waals surface area contributed by atoms with Crippen LogP contribution in [-0.4, -0.2) is 40.9 Å². The van der Waals surface area contributed by atoms with Crippen molar-refractivity contribution in [1.29, 1.82) is 0 Å². The summed E-state index contributed by atoms with van der Waals surface area (Å²) < 4.78 is 13.0. The van der Waals surface area contributed by atoms with Gasteiger partial charge < -0.3 is 19.4 Å². The standard InChI is InChI=1S/C21H27N5O3/c1-3-26-14-16(12-23-26)11-22-20(27)9-15-5-4-8-25(13-15)21-24-18-10-17(28-2)6-7-19(18)29-21/h6-7,10,12,14-15H,3-5,8-9,11,13H2,1-2H3,(H,22,27). The minimum Gasteiger partial charge on any atom is -0.497 e. The smallest absolute Gasteiger partial charge is 0.298 e. The fourth-order valence-electron chi connectivity index (χ4n) is 3.77. The number of fused-ring (bicyclic) bond motifs is 1. The molecule has 1 aromatic carbocycles. The molecule has 1 aliphatic rings. The van der Waals surface area contributed by atoms with E-state index in [0.29, 0.717) is 19.0 Å². The van der Waals surface area contributed by atoms with Crippen LogP contribution in [0, 0.1) is 5.92 Å². The monoisotopic (exact) mass is 397 g/mol. The van der Waals surface area contributed by atoms with Crippen molar-refractivity contribution in [3.05, 3.63) is 36.2 Å². The average molecular weight is 397 g/mol. The van der Waals surface area contributed by atoms with E-state index in [1.54, 1.807) is 13.3 Å². The number of methoxy groups -OCH3 is 1. The molecule has 8 nitrogen and oxygen atoms in total. The predicted molar refractivity (Wildman–Crippen MR) is 110 cm³/mol. The van der Waals surface area contributed by atoms with Crippen molar-refractivity contribution >= 4 is 23.0 Å². The number of aromatic nitrogens is 3. The normalized spacial score (nSPS) is 16.9. The van der Waals surface area contributed by atoms with Gasteiger partial charge in [-0.3, -0.25) is 9.48 Å². The molecule has 1 saturated heterocycles. The van der Waals surface area contributed by atoms with Gasteiger partial charge in [0, 0.05) is 50.4 Å². The predicted octanol–water partition coefficient (Wildman–Crippen LogP) is 2.98. The number of aryl methyl sites for hydroxylation is 1. The van der Waals surface area contributed by atoms with E-state index < -0.39 is 0 Å². The van der Waals surface area contributed by atoms with E-state index in [1.807, 2.05) is 36.0 Å². The lowest BCUT2D eigenvalue weighted by atomic mass is 9.94. The zero-order valence-electron chi connectivity index (χ0n) is 16.9. The summed E-state index contributed by atoms with van der Waals surface area (Å²) in [7, 11) is 1.64. The van der Waals surface area contributed by atoms with E-state index in [4.69, 9.17) is 9.15 Å². The van der Waals surface area contributed by atoms with Crippen molar-refractivity contribution in [2.75, 3.05) is 25.1 Å². The lowest BCUT2D eigenvalue weighted by molar-refractivity contribution is -0.122. The van der Waals surface area contributed by atoms with Gasteiger partial charge >= 0.3 is 0 Å². The molecule has 1 atom stereocenters. The highest BCUT2D eigenvalue weighted by Crippen LogP contribution is 2.29. The van der Waals surface area contributed by atoms with Gasteiger partial charge in [-0.05, 0) is 37.8 Å². The van der Waals surface area contributed by atoms with Gasteiger partial charge in [0.1, 0.15) is 11.3 Å². The zero-order chi connectivity index (χ0) is 20.2. The van der Waals surface area contributed by atoms with Crippen LogP contribution in [0.1, 0.15) is 31.7 Å². The quantitative estimate of drug-likeness (QED) is 0.660. The number of amides is 1. The van der Waals surface area contributed by atoms with Gasteiger partial charge in [-0.25, -0.2) is 0 Å². The lowest BCUT2D eigenvalue weighted by Gasteiger charge is -2.31. The number of ether oxygens (including phenoxy) is 1.